The summed E-state index contributed by atoms with van der Waals surface area (Å²) in [5.74, 6) is 0. The van der Waals surface area contributed by atoms with Gasteiger partial charge < -0.3 is 20.1 Å². The van der Waals surface area contributed by atoms with Crippen LogP contribution in [0.3, 0.4) is 0 Å². The van der Waals surface area contributed by atoms with Crippen LogP contribution >= 0.6 is 0 Å². The van der Waals surface area contributed by atoms with Crippen molar-refractivity contribution in [2.24, 2.45) is 0 Å². The Morgan fingerprint density at radius 1 is 1.28 bits per heavy atom. The number of anilines is 2. The lowest BCUT2D eigenvalue weighted by Crippen LogP contribution is -2.36. The molecule has 1 unspecified atom stereocenters. The van der Waals surface area contributed by atoms with Crippen LogP contribution in [0, 0.1) is 0 Å². The third kappa shape index (κ3) is 3.89. The van der Waals surface area contributed by atoms with Crippen molar-refractivity contribution in [3.63, 3.8) is 0 Å². The summed E-state index contributed by atoms with van der Waals surface area (Å²) in [5, 5.41) is 12.5. The average Bonchev–Trinajstić information content (AvgIpc) is 2.40. The number of nitrogens with zero attached hydrogens (tertiary/aromatic N) is 1. The summed E-state index contributed by atoms with van der Waals surface area (Å²) in [6.07, 6.45) is 0.524. The Balaban J connectivity index is 1.84. The van der Waals surface area contributed by atoms with Crippen molar-refractivity contribution in [3.05, 3.63) is 24.3 Å². The second-order valence-electron chi connectivity index (χ2n) is 4.71. The topological polar surface area (TPSA) is 44.7 Å². The van der Waals surface area contributed by atoms with Crippen LogP contribution in [-0.2, 0) is 4.74 Å². The van der Waals surface area contributed by atoms with Gasteiger partial charge in [0.15, 0.2) is 0 Å². The zero-order valence-corrected chi connectivity index (χ0v) is 10.9. The fourth-order valence-corrected chi connectivity index (χ4v) is 2.04. The van der Waals surface area contributed by atoms with Gasteiger partial charge in [-0.05, 0) is 37.6 Å². The lowest BCUT2D eigenvalue weighted by Gasteiger charge is -2.28. The number of hydrogen-bond donors (Lipinski definition) is 2. The Morgan fingerprint density at radius 2 is 1.94 bits per heavy atom. The molecule has 4 nitrogen and oxygen atoms in total. The molecule has 0 spiro atoms. The molecule has 0 bridgehead atoms. The van der Waals surface area contributed by atoms with Gasteiger partial charge in [0.1, 0.15) is 0 Å². The lowest BCUT2D eigenvalue weighted by molar-refractivity contribution is 0.122. The minimum atomic E-state index is -0.245. The van der Waals surface area contributed by atoms with Gasteiger partial charge in [0.2, 0.25) is 0 Å². The van der Waals surface area contributed by atoms with Gasteiger partial charge in [-0.15, -0.1) is 0 Å². The average molecular weight is 250 g/mol. The van der Waals surface area contributed by atoms with E-state index >= 15 is 0 Å². The van der Waals surface area contributed by atoms with E-state index < -0.39 is 0 Å². The number of hydrogen-bond acceptors (Lipinski definition) is 4. The van der Waals surface area contributed by atoms with E-state index in [0.717, 1.165) is 45.0 Å². The molecule has 1 atom stereocenters. The molecule has 0 saturated carbocycles. The van der Waals surface area contributed by atoms with Gasteiger partial charge in [-0.3, -0.25) is 0 Å². The normalized spacial score (nSPS) is 17.6. The van der Waals surface area contributed by atoms with Crippen LogP contribution in [0.5, 0.6) is 0 Å². The summed E-state index contributed by atoms with van der Waals surface area (Å²) in [4.78, 5) is 2.34. The van der Waals surface area contributed by atoms with Crippen molar-refractivity contribution in [1.82, 2.24) is 0 Å². The molecular weight excluding hydrogens is 228 g/mol. The Labute approximate surface area is 109 Å². The molecule has 0 radical (unpaired) electrons. The Morgan fingerprint density at radius 3 is 2.56 bits per heavy atom. The Kier molecular flexibility index (Phi) is 4.84. The molecule has 0 amide bonds. The maximum absolute atomic E-state index is 9.19. The van der Waals surface area contributed by atoms with Crippen molar-refractivity contribution < 1.29 is 9.84 Å². The van der Waals surface area contributed by atoms with E-state index in [0.29, 0.717) is 0 Å². The third-order valence-electron chi connectivity index (χ3n) is 3.13. The summed E-state index contributed by atoms with van der Waals surface area (Å²) in [6, 6.07) is 8.45. The first kappa shape index (κ1) is 13.2. The standard InChI is InChI=1S/C14H22N2O2/c1-12(17)6-7-15-13-2-4-14(5-3-13)16-8-10-18-11-9-16/h2-5,12,15,17H,6-11H2,1H3. The van der Waals surface area contributed by atoms with E-state index in [-0.39, 0.29) is 6.10 Å². The fourth-order valence-electron chi connectivity index (χ4n) is 2.04. The second kappa shape index (κ2) is 6.61. The molecule has 0 aliphatic carbocycles. The maximum atomic E-state index is 9.19. The third-order valence-corrected chi connectivity index (χ3v) is 3.13. The van der Waals surface area contributed by atoms with E-state index in [4.69, 9.17) is 4.74 Å². The van der Waals surface area contributed by atoms with Crippen LogP contribution in [0.25, 0.3) is 0 Å². The van der Waals surface area contributed by atoms with Gasteiger partial charge in [0.05, 0.1) is 19.3 Å². The molecule has 2 N–H and O–H groups in total. The Bertz CT molecular complexity index is 345. The number of aliphatic hydroxyl groups excluding tert-OH is 1. The van der Waals surface area contributed by atoms with Crippen LogP contribution in [0.2, 0.25) is 0 Å². The van der Waals surface area contributed by atoms with Gasteiger partial charge in [-0.1, -0.05) is 0 Å². The van der Waals surface area contributed by atoms with Crippen molar-refractivity contribution in [3.8, 4) is 0 Å². The van der Waals surface area contributed by atoms with Crippen molar-refractivity contribution >= 4 is 11.4 Å². The van der Waals surface area contributed by atoms with Gasteiger partial charge in [0.25, 0.3) is 0 Å². The highest BCUT2D eigenvalue weighted by Gasteiger charge is 2.10. The lowest BCUT2D eigenvalue weighted by atomic mass is 10.2. The van der Waals surface area contributed by atoms with E-state index in [1.807, 2.05) is 6.92 Å². The molecule has 1 fully saturated rings. The Hall–Kier alpha value is -1.26. The van der Waals surface area contributed by atoms with Crippen LogP contribution in [0.1, 0.15) is 13.3 Å². The summed E-state index contributed by atoms with van der Waals surface area (Å²) in [5.41, 5.74) is 2.35. The summed E-state index contributed by atoms with van der Waals surface area (Å²) < 4.78 is 5.34. The second-order valence-corrected chi connectivity index (χ2v) is 4.71. The zero-order valence-electron chi connectivity index (χ0n) is 10.9. The number of rotatable bonds is 5. The molecule has 1 saturated heterocycles. The number of aliphatic hydroxyl groups is 1. The fraction of sp³-hybridized carbons (Fsp3) is 0.571. The first-order valence-corrected chi connectivity index (χ1v) is 6.60. The van der Waals surface area contributed by atoms with E-state index in [9.17, 15) is 5.11 Å². The minimum Gasteiger partial charge on any atom is -0.393 e. The molecular formula is C14H22N2O2. The number of morpholine rings is 1. The van der Waals surface area contributed by atoms with Gasteiger partial charge in [-0.25, -0.2) is 0 Å². The molecule has 0 aromatic heterocycles. The molecule has 100 valence electrons. The van der Waals surface area contributed by atoms with E-state index in [1.165, 1.54) is 5.69 Å². The predicted molar refractivity (Wildman–Crippen MR) is 74.3 cm³/mol. The van der Waals surface area contributed by atoms with E-state index in [2.05, 4.69) is 34.5 Å². The van der Waals surface area contributed by atoms with Crippen LogP contribution in [-0.4, -0.2) is 44.1 Å². The number of ether oxygens (including phenoxy) is 1. The number of benzene rings is 1. The molecule has 4 heteroatoms. The SMILES string of the molecule is CC(O)CCNc1ccc(N2CCOCC2)cc1. The zero-order chi connectivity index (χ0) is 12.8. The molecule has 1 aliphatic heterocycles. The monoisotopic (exact) mass is 250 g/mol. The number of nitrogens with one attached hydrogen (secondary N) is 1. The summed E-state index contributed by atoms with van der Waals surface area (Å²) in [7, 11) is 0. The highest BCUT2D eigenvalue weighted by atomic mass is 16.5. The quantitative estimate of drug-likeness (QED) is 0.835. The van der Waals surface area contributed by atoms with Gasteiger partial charge >= 0.3 is 0 Å². The first-order valence-electron chi connectivity index (χ1n) is 6.60. The van der Waals surface area contributed by atoms with E-state index in [1.54, 1.807) is 0 Å². The van der Waals surface area contributed by atoms with Crippen LogP contribution in [0.15, 0.2) is 24.3 Å². The molecule has 2 rings (SSSR count). The van der Waals surface area contributed by atoms with Gasteiger partial charge in [0, 0.05) is 31.0 Å². The highest BCUT2D eigenvalue weighted by molar-refractivity contribution is 5.55. The highest BCUT2D eigenvalue weighted by Crippen LogP contribution is 2.18. The largest absolute Gasteiger partial charge is 0.393 e. The first-order chi connectivity index (χ1) is 8.75. The van der Waals surface area contributed by atoms with Gasteiger partial charge in [-0.2, -0.15) is 0 Å². The molecule has 1 aromatic rings. The molecule has 1 heterocycles. The van der Waals surface area contributed by atoms with Crippen molar-refractivity contribution in [2.75, 3.05) is 43.1 Å². The smallest absolute Gasteiger partial charge is 0.0642 e. The molecule has 1 aliphatic rings. The minimum absolute atomic E-state index is 0.245. The summed E-state index contributed by atoms with van der Waals surface area (Å²) >= 11 is 0. The molecule has 18 heavy (non-hydrogen) atoms. The van der Waals surface area contributed by atoms with Crippen molar-refractivity contribution in [1.29, 1.82) is 0 Å². The predicted octanol–water partition coefficient (Wildman–Crippen LogP) is 1.71. The van der Waals surface area contributed by atoms with Crippen molar-refractivity contribution in [2.45, 2.75) is 19.4 Å². The molecule has 1 aromatic carbocycles. The summed E-state index contributed by atoms with van der Waals surface area (Å²) in [6.45, 7) is 6.17. The van der Waals surface area contributed by atoms with Crippen LogP contribution in [0.4, 0.5) is 11.4 Å². The van der Waals surface area contributed by atoms with Crippen LogP contribution < -0.4 is 10.2 Å². The maximum Gasteiger partial charge on any atom is 0.0642 e.